The fourth-order valence-corrected chi connectivity index (χ4v) is 4.63. The molecule has 0 atom stereocenters. The number of ether oxygens (including phenoxy) is 1. The Balaban J connectivity index is 1.21. The summed E-state index contributed by atoms with van der Waals surface area (Å²) >= 11 is 0. The summed E-state index contributed by atoms with van der Waals surface area (Å²) in [5, 5.41) is 0. The molecular weight excluding hydrogens is 430 g/mol. The van der Waals surface area contributed by atoms with Crippen molar-refractivity contribution in [1.29, 1.82) is 0 Å². The van der Waals surface area contributed by atoms with Crippen LogP contribution < -0.4 is 4.74 Å². The molecule has 176 valence electrons. The van der Waals surface area contributed by atoms with Gasteiger partial charge in [0.05, 0.1) is 0 Å². The molecule has 0 radical (unpaired) electrons. The van der Waals surface area contributed by atoms with Gasteiger partial charge in [-0.3, -0.25) is 4.79 Å². The summed E-state index contributed by atoms with van der Waals surface area (Å²) in [6.07, 6.45) is 2.86. The second-order valence-electron chi connectivity index (χ2n) is 9.39. The molecule has 0 saturated carbocycles. The number of carbonyl (C=O) groups excluding carboxylic acids is 1. The highest BCUT2D eigenvalue weighted by Gasteiger charge is 2.18. The van der Waals surface area contributed by atoms with Gasteiger partial charge in [-0.25, -0.2) is 0 Å². The fraction of sp³-hybridized carbons (Fsp3) is 0.219. The van der Waals surface area contributed by atoms with Gasteiger partial charge in [-0.15, -0.1) is 0 Å². The number of nitrogens with zero attached hydrogens (tertiary/aromatic N) is 1. The summed E-state index contributed by atoms with van der Waals surface area (Å²) in [5.41, 5.74) is 6.23. The van der Waals surface area contributed by atoms with Gasteiger partial charge in [0, 0.05) is 25.1 Å². The molecule has 1 fully saturated rings. The summed E-state index contributed by atoms with van der Waals surface area (Å²) in [6, 6.07) is 34.7. The molecule has 3 heteroatoms. The van der Waals surface area contributed by atoms with E-state index in [1.54, 1.807) is 0 Å². The smallest absolute Gasteiger partial charge is 0.167 e. The monoisotopic (exact) mass is 461 g/mol. The standard InChI is InChI=1S/C32H31NO2/c1-33-20-18-31(19-21-33)35-30-16-14-27(15-17-30)26-12-10-24(11-13-26)22-32(34)29-9-5-8-28(23-29)25-6-3-2-4-7-25/h2-17,23,31H,18-22H2,1H3. The van der Waals surface area contributed by atoms with E-state index in [1.165, 1.54) is 0 Å². The SMILES string of the molecule is CN1CCC(Oc2ccc(-c3ccc(CC(=O)c4cccc(-c5ccccc5)c4)cc3)cc2)CC1. The van der Waals surface area contributed by atoms with Crippen molar-refractivity contribution in [3.8, 4) is 28.0 Å². The Morgan fingerprint density at radius 3 is 2.03 bits per heavy atom. The third-order valence-corrected chi connectivity index (χ3v) is 6.77. The van der Waals surface area contributed by atoms with E-state index in [1.807, 2.05) is 42.5 Å². The first-order valence-corrected chi connectivity index (χ1v) is 12.4. The average molecular weight is 462 g/mol. The van der Waals surface area contributed by atoms with Crippen molar-refractivity contribution in [1.82, 2.24) is 4.90 Å². The number of Topliss-reactive ketones (excluding diaryl/α,β-unsaturated/α-hetero) is 1. The second kappa shape index (κ2) is 10.7. The van der Waals surface area contributed by atoms with Crippen LogP contribution in [0.2, 0.25) is 0 Å². The third kappa shape index (κ3) is 5.87. The van der Waals surface area contributed by atoms with Crippen LogP contribution in [0.4, 0.5) is 0 Å². The van der Waals surface area contributed by atoms with Crippen molar-refractivity contribution < 1.29 is 9.53 Å². The molecular formula is C32H31NO2. The average Bonchev–Trinajstić information content (AvgIpc) is 2.91. The van der Waals surface area contributed by atoms with Crippen molar-refractivity contribution in [2.45, 2.75) is 25.4 Å². The molecule has 1 heterocycles. The largest absolute Gasteiger partial charge is 0.490 e. The first kappa shape index (κ1) is 23.1. The van der Waals surface area contributed by atoms with Crippen molar-refractivity contribution in [2.24, 2.45) is 0 Å². The van der Waals surface area contributed by atoms with Gasteiger partial charge in [-0.05, 0) is 65.9 Å². The minimum absolute atomic E-state index is 0.130. The van der Waals surface area contributed by atoms with Crippen LogP contribution in [0.15, 0.2) is 103 Å². The molecule has 0 bridgehead atoms. The quantitative estimate of drug-likeness (QED) is 0.280. The Morgan fingerprint density at radius 2 is 1.34 bits per heavy atom. The lowest BCUT2D eigenvalue weighted by molar-refractivity contribution is 0.0993. The summed E-state index contributed by atoms with van der Waals surface area (Å²) < 4.78 is 6.17. The molecule has 0 aliphatic carbocycles. The molecule has 3 nitrogen and oxygen atoms in total. The maximum absolute atomic E-state index is 13.0. The zero-order valence-corrected chi connectivity index (χ0v) is 20.2. The van der Waals surface area contributed by atoms with Gasteiger partial charge in [-0.1, -0.05) is 84.9 Å². The lowest BCUT2D eigenvalue weighted by Gasteiger charge is -2.29. The maximum atomic E-state index is 13.0. The molecule has 0 amide bonds. The Labute approximate surface area is 208 Å². The second-order valence-corrected chi connectivity index (χ2v) is 9.39. The third-order valence-electron chi connectivity index (χ3n) is 6.77. The molecule has 1 aliphatic heterocycles. The highest BCUT2D eigenvalue weighted by molar-refractivity contribution is 5.98. The zero-order chi connectivity index (χ0) is 24.0. The number of piperidine rings is 1. The van der Waals surface area contributed by atoms with Gasteiger partial charge in [0.2, 0.25) is 0 Å². The molecule has 35 heavy (non-hydrogen) atoms. The molecule has 0 aromatic heterocycles. The minimum atomic E-state index is 0.130. The van der Waals surface area contributed by atoms with Crippen molar-refractivity contribution in [3.63, 3.8) is 0 Å². The number of hydrogen-bond acceptors (Lipinski definition) is 3. The Bertz CT molecular complexity index is 1260. The first-order valence-electron chi connectivity index (χ1n) is 12.4. The van der Waals surface area contributed by atoms with Crippen LogP contribution in [0, 0.1) is 0 Å². The van der Waals surface area contributed by atoms with Gasteiger partial charge in [0.1, 0.15) is 11.9 Å². The van der Waals surface area contributed by atoms with Gasteiger partial charge >= 0.3 is 0 Å². The van der Waals surface area contributed by atoms with Gasteiger partial charge in [0.25, 0.3) is 0 Å². The Hall–Kier alpha value is -3.69. The minimum Gasteiger partial charge on any atom is -0.490 e. The first-order chi connectivity index (χ1) is 17.1. The molecule has 0 N–H and O–H groups in total. The summed E-state index contributed by atoms with van der Waals surface area (Å²) in [7, 11) is 2.16. The van der Waals surface area contributed by atoms with Gasteiger partial charge in [0.15, 0.2) is 5.78 Å². The van der Waals surface area contributed by atoms with E-state index < -0.39 is 0 Å². The van der Waals surface area contributed by atoms with Crippen LogP contribution >= 0.6 is 0 Å². The number of benzene rings is 4. The molecule has 1 saturated heterocycles. The van der Waals surface area contributed by atoms with Crippen molar-refractivity contribution >= 4 is 5.78 Å². The lowest BCUT2D eigenvalue weighted by Crippen LogP contribution is -2.35. The van der Waals surface area contributed by atoms with Crippen LogP contribution in [0.1, 0.15) is 28.8 Å². The topological polar surface area (TPSA) is 29.5 Å². The molecule has 0 unspecified atom stereocenters. The summed E-state index contributed by atoms with van der Waals surface area (Å²) in [4.78, 5) is 15.3. The van der Waals surface area contributed by atoms with E-state index >= 15 is 0 Å². The molecule has 0 spiro atoms. The predicted molar refractivity (Wildman–Crippen MR) is 143 cm³/mol. The van der Waals surface area contributed by atoms with Crippen molar-refractivity contribution in [2.75, 3.05) is 20.1 Å². The normalized spacial score (nSPS) is 14.5. The number of likely N-dealkylation sites (tertiary alicyclic amines) is 1. The zero-order valence-electron chi connectivity index (χ0n) is 20.2. The highest BCUT2D eigenvalue weighted by atomic mass is 16.5. The number of hydrogen-bond donors (Lipinski definition) is 0. The fourth-order valence-electron chi connectivity index (χ4n) is 4.63. The van der Waals surface area contributed by atoms with Crippen LogP contribution in [-0.4, -0.2) is 36.9 Å². The Kier molecular flexibility index (Phi) is 7.06. The maximum Gasteiger partial charge on any atom is 0.167 e. The van der Waals surface area contributed by atoms with E-state index in [4.69, 9.17) is 4.74 Å². The highest BCUT2D eigenvalue weighted by Crippen LogP contribution is 2.26. The Morgan fingerprint density at radius 1 is 0.743 bits per heavy atom. The predicted octanol–water partition coefficient (Wildman–Crippen LogP) is 6.92. The molecule has 1 aliphatic rings. The number of rotatable bonds is 7. The van der Waals surface area contributed by atoms with Gasteiger partial charge in [-0.2, -0.15) is 0 Å². The van der Waals surface area contributed by atoms with E-state index in [0.717, 1.165) is 65.1 Å². The van der Waals surface area contributed by atoms with Crippen LogP contribution in [0.5, 0.6) is 5.75 Å². The molecule has 4 aromatic rings. The lowest BCUT2D eigenvalue weighted by atomic mass is 9.97. The summed E-state index contributed by atoms with van der Waals surface area (Å²) in [5.74, 6) is 1.06. The van der Waals surface area contributed by atoms with Gasteiger partial charge < -0.3 is 9.64 Å². The molecule has 5 rings (SSSR count). The molecule has 4 aromatic carbocycles. The number of carbonyl (C=O) groups is 1. The number of ketones is 1. The summed E-state index contributed by atoms with van der Waals surface area (Å²) in [6.45, 7) is 2.19. The van der Waals surface area contributed by atoms with Crippen LogP contribution in [-0.2, 0) is 6.42 Å². The van der Waals surface area contributed by atoms with Crippen LogP contribution in [0.3, 0.4) is 0 Å². The van der Waals surface area contributed by atoms with E-state index in [0.29, 0.717) is 12.5 Å². The van der Waals surface area contributed by atoms with E-state index in [9.17, 15) is 4.79 Å². The van der Waals surface area contributed by atoms with E-state index in [2.05, 4.69) is 72.6 Å². The van der Waals surface area contributed by atoms with Crippen LogP contribution in [0.25, 0.3) is 22.3 Å². The van der Waals surface area contributed by atoms with E-state index in [-0.39, 0.29) is 5.78 Å². The van der Waals surface area contributed by atoms with Crippen molar-refractivity contribution in [3.05, 3.63) is 114 Å².